The number of hydrogen-bond donors (Lipinski definition) is 1. The van der Waals surface area contributed by atoms with E-state index in [4.69, 9.17) is 14.2 Å². The Balaban J connectivity index is 1.27. The van der Waals surface area contributed by atoms with Crippen molar-refractivity contribution in [3.05, 3.63) is 6.20 Å². The fraction of sp³-hybridized carbons (Fsp3) is 0.812. The van der Waals surface area contributed by atoms with Gasteiger partial charge in [-0.2, -0.15) is 10.1 Å². The van der Waals surface area contributed by atoms with Gasteiger partial charge < -0.3 is 24.4 Å². The lowest BCUT2D eigenvalue weighted by atomic mass is 10.0. The van der Waals surface area contributed by atoms with Crippen LogP contribution in [0, 0.1) is 0 Å². The largest absolute Gasteiger partial charge is 0.379 e. The first-order valence-corrected chi connectivity index (χ1v) is 9.10. The standard InChI is InChI=1S/C16H26N6O3/c1-4-22(5-2-16(1)24-11-12-25-16)14-13-18-20-15(19-14)17-3-6-21-7-9-23-10-8-21/h13H,1-12H2,(H,17,19,20). The molecule has 9 heteroatoms. The molecule has 3 aliphatic rings. The minimum absolute atomic E-state index is 0.365. The average molecular weight is 350 g/mol. The second-order valence-electron chi connectivity index (χ2n) is 6.61. The van der Waals surface area contributed by atoms with Gasteiger partial charge in [0, 0.05) is 52.1 Å². The second-order valence-corrected chi connectivity index (χ2v) is 6.61. The number of hydrogen-bond acceptors (Lipinski definition) is 9. The molecule has 1 aromatic rings. The highest BCUT2D eigenvalue weighted by Gasteiger charge is 2.40. The molecule has 1 N–H and O–H groups in total. The van der Waals surface area contributed by atoms with Crippen LogP contribution in [0.25, 0.3) is 0 Å². The van der Waals surface area contributed by atoms with E-state index in [2.05, 4.69) is 30.3 Å². The normalized spacial score (nSPS) is 23.9. The Bertz CT molecular complexity index is 553. The lowest BCUT2D eigenvalue weighted by Gasteiger charge is -2.37. The van der Waals surface area contributed by atoms with Gasteiger partial charge in [0.1, 0.15) is 0 Å². The number of piperidine rings is 1. The molecule has 9 nitrogen and oxygen atoms in total. The van der Waals surface area contributed by atoms with Crippen molar-refractivity contribution in [2.75, 3.05) is 75.9 Å². The molecule has 3 fully saturated rings. The summed E-state index contributed by atoms with van der Waals surface area (Å²) in [4.78, 5) is 9.21. The van der Waals surface area contributed by atoms with Gasteiger partial charge in [0.15, 0.2) is 11.6 Å². The SMILES string of the molecule is c1nnc(NCCN2CCOCC2)nc1N1CCC2(CC1)OCCO2. The Morgan fingerprint density at radius 3 is 2.56 bits per heavy atom. The summed E-state index contributed by atoms with van der Waals surface area (Å²) >= 11 is 0. The lowest BCUT2D eigenvalue weighted by Crippen LogP contribution is -2.45. The summed E-state index contributed by atoms with van der Waals surface area (Å²) in [5, 5.41) is 11.5. The third kappa shape index (κ3) is 4.17. The maximum atomic E-state index is 5.78. The van der Waals surface area contributed by atoms with Gasteiger partial charge in [-0.25, -0.2) is 0 Å². The van der Waals surface area contributed by atoms with E-state index in [0.29, 0.717) is 19.2 Å². The first kappa shape index (κ1) is 16.9. The maximum absolute atomic E-state index is 5.78. The molecule has 138 valence electrons. The van der Waals surface area contributed by atoms with Gasteiger partial charge in [-0.05, 0) is 0 Å². The van der Waals surface area contributed by atoms with Crippen LogP contribution >= 0.6 is 0 Å². The van der Waals surface area contributed by atoms with Crippen molar-refractivity contribution in [3.8, 4) is 0 Å². The molecule has 3 aliphatic heterocycles. The van der Waals surface area contributed by atoms with Gasteiger partial charge in [0.05, 0.1) is 32.6 Å². The van der Waals surface area contributed by atoms with Crippen LogP contribution in [0.2, 0.25) is 0 Å². The van der Waals surface area contributed by atoms with Crippen LogP contribution in [-0.2, 0) is 14.2 Å². The van der Waals surface area contributed by atoms with E-state index in [1.165, 1.54) is 0 Å². The van der Waals surface area contributed by atoms with E-state index in [1.54, 1.807) is 6.20 Å². The van der Waals surface area contributed by atoms with Crippen LogP contribution in [-0.4, -0.2) is 91.6 Å². The number of morpholine rings is 1. The minimum atomic E-state index is -0.365. The Kier molecular flexibility index (Phi) is 5.25. The predicted octanol–water partition coefficient (Wildman–Crippen LogP) is -0.0410. The van der Waals surface area contributed by atoms with Crippen molar-refractivity contribution in [2.45, 2.75) is 18.6 Å². The van der Waals surface area contributed by atoms with Crippen molar-refractivity contribution in [1.29, 1.82) is 0 Å². The molecule has 0 atom stereocenters. The molecule has 1 aromatic heterocycles. The van der Waals surface area contributed by atoms with Gasteiger partial charge in [-0.15, -0.1) is 5.10 Å². The highest BCUT2D eigenvalue weighted by molar-refractivity contribution is 5.40. The van der Waals surface area contributed by atoms with Crippen molar-refractivity contribution in [2.24, 2.45) is 0 Å². The van der Waals surface area contributed by atoms with E-state index < -0.39 is 0 Å². The maximum Gasteiger partial charge on any atom is 0.244 e. The number of anilines is 2. The molecule has 0 unspecified atom stereocenters. The highest BCUT2D eigenvalue weighted by atomic mass is 16.7. The molecule has 0 radical (unpaired) electrons. The molecule has 3 saturated heterocycles. The average Bonchev–Trinajstić information content (AvgIpc) is 3.12. The van der Waals surface area contributed by atoms with Gasteiger partial charge in [-0.1, -0.05) is 0 Å². The van der Waals surface area contributed by atoms with Crippen molar-refractivity contribution >= 4 is 11.8 Å². The molecule has 0 aliphatic carbocycles. The van der Waals surface area contributed by atoms with Crippen molar-refractivity contribution in [3.63, 3.8) is 0 Å². The van der Waals surface area contributed by atoms with Gasteiger partial charge in [0.2, 0.25) is 5.95 Å². The van der Waals surface area contributed by atoms with E-state index in [0.717, 1.165) is 71.1 Å². The summed E-state index contributed by atoms with van der Waals surface area (Å²) in [6, 6.07) is 0. The monoisotopic (exact) mass is 350 g/mol. The predicted molar refractivity (Wildman–Crippen MR) is 91.7 cm³/mol. The topological polar surface area (TPSA) is 84.9 Å². The van der Waals surface area contributed by atoms with Gasteiger partial charge in [-0.3, -0.25) is 4.90 Å². The molecule has 25 heavy (non-hydrogen) atoms. The smallest absolute Gasteiger partial charge is 0.244 e. The van der Waals surface area contributed by atoms with E-state index >= 15 is 0 Å². The molecule has 4 heterocycles. The van der Waals surface area contributed by atoms with Crippen LogP contribution in [0.15, 0.2) is 6.20 Å². The van der Waals surface area contributed by atoms with Crippen LogP contribution in [0.5, 0.6) is 0 Å². The third-order valence-corrected chi connectivity index (χ3v) is 5.02. The molecule has 0 aromatic carbocycles. The third-order valence-electron chi connectivity index (χ3n) is 5.02. The minimum Gasteiger partial charge on any atom is -0.379 e. The molecule has 0 amide bonds. The summed E-state index contributed by atoms with van der Waals surface area (Å²) in [6.07, 6.45) is 3.44. The van der Waals surface area contributed by atoms with E-state index in [1.807, 2.05) is 0 Å². The van der Waals surface area contributed by atoms with Crippen LogP contribution < -0.4 is 10.2 Å². The summed E-state index contributed by atoms with van der Waals surface area (Å²) in [5.41, 5.74) is 0. The fourth-order valence-corrected chi connectivity index (χ4v) is 3.53. The zero-order valence-electron chi connectivity index (χ0n) is 14.5. The van der Waals surface area contributed by atoms with Crippen LogP contribution in [0.4, 0.5) is 11.8 Å². The molecule has 0 saturated carbocycles. The Morgan fingerprint density at radius 2 is 1.80 bits per heavy atom. The molecule has 4 rings (SSSR count). The molecule has 1 spiro atoms. The number of nitrogens with one attached hydrogen (secondary N) is 1. The Morgan fingerprint density at radius 1 is 1.04 bits per heavy atom. The number of ether oxygens (including phenoxy) is 3. The van der Waals surface area contributed by atoms with Crippen LogP contribution in [0.3, 0.4) is 0 Å². The molecular formula is C16H26N6O3. The quantitative estimate of drug-likeness (QED) is 0.786. The highest BCUT2D eigenvalue weighted by Crippen LogP contribution is 2.32. The van der Waals surface area contributed by atoms with E-state index in [9.17, 15) is 0 Å². The first-order valence-electron chi connectivity index (χ1n) is 9.10. The zero-order chi connectivity index (χ0) is 17.0. The molecule has 0 bridgehead atoms. The fourth-order valence-electron chi connectivity index (χ4n) is 3.53. The second kappa shape index (κ2) is 7.77. The van der Waals surface area contributed by atoms with Gasteiger partial charge in [0.25, 0.3) is 0 Å². The number of aromatic nitrogens is 3. The first-order chi connectivity index (χ1) is 12.3. The number of nitrogens with zero attached hydrogens (tertiary/aromatic N) is 5. The van der Waals surface area contributed by atoms with Gasteiger partial charge >= 0.3 is 0 Å². The van der Waals surface area contributed by atoms with Crippen molar-refractivity contribution in [1.82, 2.24) is 20.1 Å². The van der Waals surface area contributed by atoms with Crippen LogP contribution in [0.1, 0.15) is 12.8 Å². The van der Waals surface area contributed by atoms with E-state index in [-0.39, 0.29) is 5.79 Å². The Labute approximate surface area is 147 Å². The zero-order valence-corrected chi connectivity index (χ0v) is 14.5. The lowest BCUT2D eigenvalue weighted by molar-refractivity contribution is -0.169. The summed E-state index contributed by atoms with van der Waals surface area (Å²) in [7, 11) is 0. The number of rotatable bonds is 5. The summed E-state index contributed by atoms with van der Waals surface area (Å²) in [6.45, 7) is 8.47. The summed E-state index contributed by atoms with van der Waals surface area (Å²) in [5.74, 6) is 1.08. The molecular weight excluding hydrogens is 324 g/mol. The Hall–Kier alpha value is -1.55. The van der Waals surface area contributed by atoms with Crippen molar-refractivity contribution < 1.29 is 14.2 Å². The summed E-state index contributed by atoms with van der Waals surface area (Å²) < 4.78 is 16.9.